The van der Waals surface area contributed by atoms with Crippen molar-refractivity contribution in [2.24, 2.45) is 0 Å². The monoisotopic (exact) mass is 628 g/mol. The largest absolute Gasteiger partial charge is 0.493 e. The Kier molecular flexibility index (Phi) is 14.6. The van der Waals surface area contributed by atoms with Crippen molar-refractivity contribution in [3.05, 3.63) is 27.8 Å². The van der Waals surface area contributed by atoms with Crippen molar-refractivity contribution in [2.75, 3.05) is 66.2 Å². The van der Waals surface area contributed by atoms with Gasteiger partial charge >= 0.3 is 12.0 Å². The van der Waals surface area contributed by atoms with Gasteiger partial charge < -0.3 is 44.4 Å². The van der Waals surface area contributed by atoms with Crippen molar-refractivity contribution < 1.29 is 47.7 Å². The number of carbonyl (C=O) groups excluding carboxylic acids is 3. The molecule has 2 fully saturated rings. The molecular weight excluding hydrogens is 588 g/mol. The molecule has 0 radical (unpaired) electrons. The van der Waals surface area contributed by atoms with Crippen LogP contribution in [0, 0.1) is 10.1 Å². The van der Waals surface area contributed by atoms with Gasteiger partial charge in [-0.3, -0.25) is 14.9 Å². The maximum atomic E-state index is 12.0. The first-order valence-electron chi connectivity index (χ1n) is 14.1. The molecule has 2 heterocycles. The molecule has 2 unspecified atom stereocenters. The number of nitro groups is 1. The zero-order valence-corrected chi connectivity index (χ0v) is 25.2. The van der Waals surface area contributed by atoms with Gasteiger partial charge in [-0.05, 0) is 18.9 Å². The number of methoxy groups -OCH3 is 2. The number of nitrogens with zero attached hydrogens (tertiary/aromatic N) is 1. The van der Waals surface area contributed by atoms with E-state index in [4.69, 9.17) is 23.7 Å². The number of hydrogen-bond acceptors (Lipinski definition) is 12. The quantitative estimate of drug-likeness (QED) is 0.0587. The lowest BCUT2D eigenvalue weighted by atomic mass is 10.0. The van der Waals surface area contributed by atoms with Crippen LogP contribution in [0.5, 0.6) is 11.5 Å². The van der Waals surface area contributed by atoms with Gasteiger partial charge in [-0.1, -0.05) is 6.42 Å². The number of nitro benzene ring substituents is 1. The summed E-state index contributed by atoms with van der Waals surface area (Å²) in [6, 6.07) is 3.00. The Labute approximate surface area is 254 Å². The number of benzene rings is 1. The van der Waals surface area contributed by atoms with E-state index in [2.05, 4.69) is 20.7 Å². The van der Waals surface area contributed by atoms with E-state index in [1.807, 2.05) is 11.8 Å². The van der Waals surface area contributed by atoms with Gasteiger partial charge in [0, 0.05) is 24.0 Å². The van der Waals surface area contributed by atoms with Crippen molar-refractivity contribution in [1.29, 1.82) is 0 Å². The number of fused-ring (bicyclic) bond motifs is 1. The molecule has 3 rings (SSSR count). The van der Waals surface area contributed by atoms with Gasteiger partial charge in [0.15, 0.2) is 11.5 Å². The van der Waals surface area contributed by atoms with Crippen LogP contribution < -0.4 is 25.4 Å². The number of rotatable bonds is 21. The molecule has 0 aliphatic carbocycles. The Bertz CT molecular complexity index is 1090. The summed E-state index contributed by atoms with van der Waals surface area (Å²) < 4.78 is 31.5. The van der Waals surface area contributed by atoms with Crippen LogP contribution in [0.4, 0.5) is 10.5 Å². The molecule has 240 valence electrons. The Morgan fingerprint density at radius 1 is 1.05 bits per heavy atom. The minimum absolute atomic E-state index is 0.0118. The fourth-order valence-electron chi connectivity index (χ4n) is 4.61. The molecule has 3 atom stereocenters. The average Bonchev–Trinajstić information content (AvgIpc) is 3.55. The van der Waals surface area contributed by atoms with Gasteiger partial charge in [0.25, 0.3) is 5.69 Å². The molecule has 3 amide bonds. The molecule has 0 bridgehead atoms. The van der Waals surface area contributed by atoms with Crippen LogP contribution in [0.1, 0.15) is 31.2 Å². The Hall–Kier alpha value is -3.34. The van der Waals surface area contributed by atoms with Crippen molar-refractivity contribution in [2.45, 2.75) is 49.6 Å². The highest BCUT2D eigenvalue weighted by atomic mass is 32.2. The first-order chi connectivity index (χ1) is 20.8. The van der Waals surface area contributed by atoms with Gasteiger partial charge in [-0.15, -0.1) is 0 Å². The first-order valence-corrected chi connectivity index (χ1v) is 15.1. The van der Waals surface area contributed by atoms with E-state index in [9.17, 15) is 24.5 Å². The number of unbranched alkanes of at least 4 members (excludes halogenated alkanes) is 1. The normalized spacial score (nSPS) is 18.8. The summed E-state index contributed by atoms with van der Waals surface area (Å²) in [5.41, 5.74) is -0.0141. The summed E-state index contributed by atoms with van der Waals surface area (Å²) in [6.07, 6.45) is 3.17. The zero-order valence-electron chi connectivity index (χ0n) is 24.4. The fraction of sp³-hybridized carbons (Fsp3) is 0.667. The molecular formula is C27H40N4O11S. The molecule has 15 nitrogen and oxygen atoms in total. The van der Waals surface area contributed by atoms with Crippen molar-refractivity contribution in [3.63, 3.8) is 0 Å². The fourth-order valence-corrected chi connectivity index (χ4v) is 6.15. The van der Waals surface area contributed by atoms with Crippen LogP contribution in [-0.2, 0) is 35.1 Å². The Morgan fingerprint density at radius 3 is 2.56 bits per heavy atom. The Morgan fingerprint density at radius 2 is 1.81 bits per heavy atom. The predicted octanol–water partition coefficient (Wildman–Crippen LogP) is 1.55. The van der Waals surface area contributed by atoms with E-state index in [-0.39, 0.29) is 73.2 Å². The third-order valence-electron chi connectivity index (χ3n) is 6.77. The molecule has 0 aromatic heterocycles. The highest BCUT2D eigenvalue weighted by Gasteiger charge is 2.42. The van der Waals surface area contributed by atoms with Gasteiger partial charge in [0.1, 0.15) is 13.2 Å². The van der Waals surface area contributed by atoms with Crippen LogP contribution in [-0.4, -0.2) is 106 Å². The number of hydrogen-bond donors (Lipinski definition) is 3. The minimum atomic E-state index is -0.595. The number of nitrogens with one attached hydrogen (secondary N) is 3. The molecule has 43 heavy (non-hydrogen) atoms. The predicted molar refractivity (Wildman–Crippen MR) is 155 cm³/mol. The van der Waals surface area contributed by atoms with Crippen LogP contribution in [0.3, 0.4) is 0 Å². The lowest BCUT2D eigenvalue weighted by Gasteiger charge is -2.16. The molecule has 0 saturated carbocycles. The number of thioether (sulfide) groups is 1. The summed E-state index contributed by atoms with van der Waals surface area (Å²) in [7, 11) is 2.62. The number of ether oxygens (including phenoxy) is 6. The van der Waals surface area contributed by atoms with E-state index in [0.29, 0.717) is 38.0 Å². The van der Waals surface area contributed by atoms with Gasteiger partial charge in [-0.2, -0.15) is 11.8 Å². The maximum absolute atomic E-state index is 12.0. The molecule has 1 aromatic rings. The molecule has 3 N–H and O–H groups in total. The van der Waals surface area contributed by atoms with Crippen LogP contribution in [0.25, 0.3) is 0 Å². The SMILES string of the molecule is COC(=O)COCc1cc(OC)c(OCCOCCOCCNC(=O)CCCC[C@@H]2SCC3NC(=O)NC32)cc1[N+](=O)[O-]. The smallest absolute Gasteiger partial charge is 0.331 e. The number of esters is 1. The number of amides is 3. The van der Waals surface area contributed by atoms with Crippen molar-refractivity contribution in [1.82, 2.24) is 16.0 Å². The van der Waals surface area contributed by atoms with Crippen LogP contribution in [0.2, 0.25) is 0 Å². The first kappa shape index (κ1) is 34.2. The third kappa shape index (κ3) is 11.3. The van der Waals surface area contributed by atoms with E-state index < -0.39 is 10.9 Å². The second-order valence-corrected chi connectivity index (χ2v) is 11.0. The molecule has 2 aliphatic heterocycles. The van der Waals surface area contributed by atoms with E-state index in [1.165, 1.54) is 26.4 Å². The molecule has 16 heteroatoms. The second kappa shape index (κ2) is 18.4. The lowest BCUT2D eigenvalue weighted by Crippen LogP contribution is -2.36. The summed E-state index contributed by atoms with van der Waals surface area (Å²) in [5.74, 6) is 0.773. The summed E-state index contributed by atoms with van der Waals surface area (Å²) in [4.78, 5) is 45.7. The van der Waals surface area contributed by atoms with Crippen molar-refractivity contribution in [3.8, 4) is 11.5 Å². The molecule has 2 aliphatic rings. The zero-order chi connectivity index (χ0) is 31.0. The van der Waals surface area contributed by atoms with Gasteiger partial charge in [0.2, 0.25) is 5.91 Å². The summed E-state index contributed by atoms with van der Waals surface area (Å²) >= 11 is 1.87. The summed E-state index contributed by atoms with van der Waals surface area (Å²) in [5, 5.41) is 20.7. The summed E-state index contributed by atoms with van der Waals surface area (Å²) in [6.45, 7) is 1.21. The minimum Gasteiger partial charge on any atom is -0.493 e. The highest BCUT2D eigenvalue weighted by molar-refractivity contribution is 8.00. The van der Waals surface area contributed by atoms with Crippen molar-refractivity contribution >= 4 is 35.4 Å². The van der Waals surface area contributed by atoms with E-state index in [1.54, 1.807) is 0 Å². The number of urea groups is 1. The van der Waals surface area contributed by atoms with Crippen LogP contribution >= 0.6 is 11.8 Å². The average molecular weight is 629 g/mol. The highest BCUT2D eigenvalue weighted by Crippen LogP contribution is 2.35. The van der Waals surface area contributed by atoms with Gasteiger partial charge in [-0.25, -0.2) is 9.59 Å². The standard InChI is InChI=1S/C27H40N4O11S/c1-37-21-13-18(15-41-16-25(33)38-2)20(31(35)36)14-22(21)42-12-11-40-10-9-39-8-7-28-24(32)6-4-3-5-23-26-19(17-43-23)29-27(34)30-26/h13-14,19,23,26H,3-12,15-17H2,1-2H3,(H,28,32)(H2,29,30,34)/t19?,23-,26?/m0/s1. The van der Waals surface area contributed by atoms with E-state index >= 15 is 0 Å². The Balaban J connectivity index is 1.20. The third-order valence-corrected chi connectivity index (χ3v) is 8.28. The molecule has 0 spiro atoms. The molecule has 2 saturated heterocycles. The second-order valence-electron chi connectivity index (χ2n) is 9.75. The van der Waals surface area contributed by atoms with Crippen LogP contribution in [0.15, 0.2) is 12.1 Å². The topological polar surface area (TPSA) is 186 Å². The molecule has 1 aromatic carbocycles. The maximum Gasteiger partial charge on any atom is 0.331 e. The van der Waals surface area contributed by atoms with Gasteiger partial charge in [0.05, 0.1) is 75.9 Å². The lowest BCUT2D eigenvalue weighted by molar-refractivity contribution is -0.386. The number of carbonyl (C=O) groups is 3. The van der Waals surface area contributed by atoms with E-state index in [0.717, 1.165) is 25.0 Å².